The zero-order chi connectivity index (χ0) is 12.1. The number of carbonyl (C=O) groups excluding carboxylic acids is 1. The van der Waals surface area contributed by atoms with Crippen LogP contribution in [0.15, 0.2) is 0 Å². The number of sulfone groups is 1. The van der Waals surface area contributed by atoms with Crippen LogP contribution in [-0.4, -0.2) is 38.3 Å². The van der Waals surface area contributed by atoms with Crippen LogP contribution >= 0.6 is 0 Å². The van der Waals surface area contributed by atoms with Gasteiger partial charge in [0.2, 0.25) is 0 Å². The summed E-state index contributed by atoms with van der Waals surface area (Å²) in [5.74, 6) is -0.0452. The van der Waals surface area contributed by atoms with E-state index in [0.29, 0.717) is 13.0 Å². The Kier molecular flexibility index (Phi) is 5.45. The van der Waals surface area contributed by atoms with Crippen LogP contribution in [0.25, 0.3) is 0 Å². The number of nitrogens with one attached hydrogen (secondary N) is 1. The highest BCUT2D eigenvalue weighted by atomic mass is 32.2. The fraction of sp³-hybridized carbons (Fsp3) is 0.900. The maximum atomic E-state index is 11.7. The number of hydrogen-bond acceptors (Lipinski definition) is 4. The zero-order valence-electron chi connectivity index (χ0n) is 9.96. The van der Waals surface area contributed by atoms with Crippen molar-refractivity contribution < 1.29 is 13.2 Å². The second-order valence-electron chi connectivity index (χ2n) is 4.57. The van der Waals surface area contributed by atoms with Crippen molar-refractivity contribution in [2.45, 2.75) is 38.4 Å². The third-order valence-electron chi connectivity index (χ3n) is 2.24. The first kappa shape index (κ1) is 14.6. The maximum absolute atomic E-state index is 11.7. The van der Waals surface area contributed by atoms with Gasteiger partial charge in [-0.25, -0.2) is 8.42 Å². The second kappa shape index (κ2) is 5.61. The van der Waals surface area contributed by atoms with Crippen LogP contribution in [0.2, 0.25) is 0 Å². The van der Waals surface area contributed by atoms with Crippen LogP contribution in [0, 0.1) is 0 Å². The molecule has 5 heteroatoms. The molecule has 0 rings (SSSR count). The lowest BCUT2D eigenvalue weighted by molar-refractivity contribution is -0.118. The Morgan fingerprint density at radius 2 is 1.73 bits per heavy atom. The van der Waals surface area contributed by atoms with Gasteiger partial charge in [0.15, 0.2) is 9.84 Å². The van der Waals surface area contributed by atoms with Crippen LogP contribution in [0.3, 0.4) is 0 Å². The molecule has 0 heterocycles. The van der Waals surface area contributed by atoms with Crippen molar-refractivity contribution in [2.24, 2.45) is 0 Å². The molecule has 0 aliphatic carbocycles. The van der Waals surface area contributed by atoms with Gasteiger partial charge in [0.25, 0.3) is 0 Å². The largest absolute Gasteiger partial charge is 0.319 e. The summed E-state index contributed by atoms with van der Waals surface area (Å²) < 4.78 is 22.6. The predicted molar refractivity (Wildman–Crippen MR) is 61.7 cm³/mol. The van der Waals surface area contributed by atoms with Crippen LogP contribution in [0.5, 0.6) is 0 Å². The summed E-state index contributed by atoms with van der Waals surface area (Å²) in [6, 6.07) is 0. The van der Waals surface area contributed by atoms with Crippen molar-refractivity contribution in [1.82, 2.24) is 5.32 Å². The summed E-state index contributed by atoms with van der Waals surface area (Å²) in [7, 11) is -1.40. The van der Waals surface area contributed by atoms with Crippen molar-refractivity contribution in [3.63, 3.8) is 0 Å². The third kappa shape index (κ3) is 5.28. The lowest BCUT2D eigenvalue weighted by atomic mass is 10.2. The Morgan fingerprint density at radius 1 is 1.20 bits per heavy atom. The van der Waals surface area contributed by atoms with Gasteiger partial charge in [-0.05, 0) is 27.8 Å². The molecule has 0 aliphatic heterocycles. The summed E-state index contributed by atoms with van der Waals surface area (Å²) in [6.45, 7) is 5.57. The molecule has 0 aromatic rings. The molecule has 0 atom stereocenters. The first-order valence-corrected chi connectivity index (χ1v) is 6.74. The van der Waals surface area contributed by atoms with Gasteiger partial charge in [-0.2, -0.15) is 0 Å². The van der Waals surface area contributed by atoms with E-state index in [1.54, 1.807) is 27.8 Å². The molecule has 0 fully saturated rings. The highest BCUT2D eigenvalue weighted by molar-refractivity contribution is 7.92. The van der Waals surface area contributed by atoms with Crippen molar-refractivity contribution in [3.8, 4) is 0 Å². The molecule has 0 aliphatic rings. The molecule has 0 spiro atoms. The first-order valence-electron chi connectivity index (χ1n) is 5.09. The van der Waals surface area contributed by atoms with E-state index in [9.17, 15) is 13.2 Å². The van der Waals surface area contributed by atoms with Gasteiger partial charge in [0.05, 0.1) is 10.5 Å². The second-order valence-corrected chi connectivity index (χ2v) is 7.44. The molecule has 0 aromatic heterocycles. The van der Waals surface area contributed by atoms with E-state index in [2.05, 4.69) is 5.32 Å². The SMILES string of the molecule is CNCCC(=O)CCS(=O)(=O)C(C)(C)C. The number of rotatable bonds is 6. The Bertz CT molecular complexity index is 301. The van der Waals surface area contributed by atoms with Crippen LogP contribution in [0.1, 0.15) is 33.6 Å². The Morgan fingerprint density at radius 3 is 2.13 bits per heavy atom. The molecule has 15 heavy (non-hydrogen) atoms. The van der Waals surface area contributed by atoms with E-state index in [-0.39, 0.29) is 18.0 Å². The monoisotopic (exact) mass is 235 g/mol. The van der Waals surface area contributed by atoms with E-state index in [1.807, 2.05) is 0 Å². The first-order chi connectivity index (χ1) is 6.70. The van der Waals surface area contributed by atoms with Gasteiger partial charge < -0.3 is 5.32 Å². The Balaban J connectivity index is 4.12. The molecule has 0 radical (unpaired) electrons. The maximum Gasteiger partial charge on any atom is 0.155 e. The van der Waals surface area contributed by atoms with Gasteiger partial charge in [-0.1, -0.05) is 0 Å². The summed E-state index contributed by atoms with van der Waals surface area (Å²) in [6.07, 6.45) is 0.525. The molecule has 90 valence electrons. The molecule has 0 saturated carbocycles. The topological polar surface area (TPSA) is 63.2 Å². The molecule has 0 bridgehead atoms. The van der Waals surface area contributed by atoms with Crippen molar-refractivity contribution in [3.05, 3.63) is 0 Å². The van der Waals surface area contributed by atoms with E-state index >= 15 is 0 Å². The highest BCUT2D eigenvalue weighted by Gasteiger charge is 2.28. The smallest absolute Gasteiger partial charge is 0.155 e. The predicted octanol–water partition coefficient (Wildman–Crippen LogP) is 0.768. The number of Topliss-reactive ketones (excluding diaryl/α,β-unsaturated/α-hetero) is 1. The molecule has 0 amide bonds. The molecule has 0 unspecified atom stereocenters. The van der Waals surface area contributed by atoms with E-state index < -0.39 is 14.6 Å². The van der Waals surface area contributed by atoms with Gasteiger partial charge >= 0.3 is 0 Å². The zero-order valence-corrected chi connectivity index (χ0v) is 10.8. The van der Waals surface area contributed by atoms with Crippen LogP contribution < -0.4 is 5.32 Å². The fourth-order valence-electron chi connectivity index (χ4n) is 0.944. The van der Waals surface area contributed by atoms with Crippen molar-refractivity contribution in [2.75, 3.05) is 19.3 Å². The number of ketones is 1. The summed E-state index contributed by atoms with van der Waals surface area (Å²) in [4.78, 5) is 11.3. The minimum absolute atomic E-state index is 0.00262. The summed E-state index contributed by atoms with van der Waals surface area (Å²) in [5, 5.41) is 2.86. The number of hydrogen-bond donors (Lipinski definition) is 1. The van der Waals surface area contributed by atoms with Crippen molar-refractivity contribution in [1.29, 1.82) is 0 Å². The van der Waals surface area contributed by atoms with Gasteiger partial charge in [0, 0.05) is 19.4 Å². The summed E-state index contributed by atoms with van der Waals surface area (Å²) in [5.41, 5.74) is 0. The summed E-state index contributed by atoms with van der Waals surface area (Å²) >= 11 is 0. The molecular weight excluding hydrogens is 214 g/mol. The normalized spacial score (nSPS) is 12.8. The quantitative estimate of drug-likeness (QED) is 0.738. The average molecular weight is 235 g/mol. The average Bonchev–Trinajstić information content (AvgIpc) is 2.09. The van der Waals surface area contributed by atoms with Crippen LogP contribution in [0.4, 0.5) is 0 Å². The highest BCUT2D eigenvalue weighted by Crippen LogP contribution is 2.16. The minimum Gasteiger partial charge on any atom is -0.319 e. The third-order valence-corrected chi connectivity index (χ3v) is 4.84. The minimum atomic E-state index is -3.16. The lowest BCUT2D eigenvalue weighted by Crippen LogP contribution is -2.31. The Labute approximate surface area is 92.4 Å². The van der Waals surface area contributed by atoms with E-state index in [0.717, 1.165) is 0 Å². The van der Waals surface area contributed by atoms with Crippen molar-refractivity contribution >= 4 is 15.6 Å². The molecule has 4 nitrogen and oxygen atoms in total. The molecule has 1 N–H and O–H groups in total. The lowest BCUT2D eigenvalue weighted by Gasteiger charge is -2.18. The van der Waals surface area contributed by atoms with Gasteiger partial charge in [-0.15, -0.1) is 0 Å². The Hall–Kier alpha value is -0.420. The van der Waals surface area contributed by atoms with E-state index in [4.69, 9.17) is 0 Å². The van der Waals surface area contributed by atoms with Gasteiger partial charge in [-0.3, -0.25) is 4.79 Å². The molecular formula is C10H21NO3S. The van der Waals surface area contributed by atoms with E-state index in [1.165, 1.54) is 0 Å². The standard InChI is InChI=1S/C10H21NO3S/c1-10(2,3)15(13,14)8-6-9(12)5-7-11-4/h11H,5-8H2,1-4H3. The molecule has 0 aromatic carbocycles. The fourth-order valence-corrected chi connectivity index (χ4v) is 2.05. The van der Waals surface area contributed by atoms with Gasteiger partial charge in [0.1, 0.15) is 5.78 Å². The number of carbonyl (C=O) groups is 1. The van der Waals surface area contributed by atoms with Crippen LogP contribution in [-0.2, 0) is 14.6 Å². The molecule has 0 saturated heterocycles.